The summed E-state index contributed by atoms with van der Waals surface area (Å²) < 4.78 is 85.9. The van der Waals surface area contributed by atoms with Gasteiger partial charge >= 0.3 is 42.8 Å². The van der Waals surface area contributed by atoms with Gasteiger partial charge in [-0.1, -0.05) is 231 Å². The van der Waals surface area contributed by atoms with E-state index in [4.69, 9.17) is 45.3 Å². The first-order chi connectivity index (χ1) is 51.7. The topological polar surface area (TPSA) is 102 Å². The summed E-state index contributed by atoms with van der Waals surface area (Å²) in [6.45, 7) is 70.9. The summed E-state index contributed by atoms with van der Waals surface area (Å²) in [5.74, 6) is 0. The Morgan fingerprint density at radius 2 is 0.357 bits per heavy atom. The predicted octanol–water partition coefficient (Wildman–Crippen LogP) is 21.2. The smallest absolute Gasteiger partial charge is 0.388 e. The third-order valence-corrected chi connectivity index (χ3v) is 90.2. The average molecular weight is 1810 g/mol. The Kier molecular flexibility index (Phi) is 33.6. The van der Waals surface area contributed by atoms with E-state index >= 15 is 0 Å². The molecule has 0 fully saturated rings. The molecule has 3 unspecified atom stereocenters. The van der Waals surface area contributed by atoms with E-state index in [9.17, 15) is 0 Å². The van der Waals surface area contributed by atoms with Crippen molar-refractivity contribution >= 4 is 179 Å². The zero-order valence-electron chi connectivity index (χ0n) is 74.5. The second-order valence-corrected chi connectivity index (χ2v) is 108. The molecule has 0 saturated heterocycles. The van der Waals surface area contributed by atoms with Crippen molar-refractivity contribution in [2.24, 2.45) is 0 Å². The maximum absolute atomic E-state index is 8.72. The molecule has 0 aromatic heterocycles. The molecule has 11 nitrogen and oxygen atoms in total. The zero-order chi connectivity index (χ0) is 83.3. The van der Waals surface area contributed by atoms with Crippen LogP contribution in [-0.2, 0) is 45.3 Å². The van der Waals surface area contributed by atoms with E-state index in [0.717, 1.165) is 93.7 Å². The van der Waals surface area contributed by atoms with Crippen LogP contribution in [0.1, 0.15) is 13.3 Å². The van der Waals surface area contributed by atoms with Crippen LogP contribution in [0.25, 0.3) is 0 Å². The molecule has 0 amide bonds. The lowest BCUT2D eigenvalue weighted by molar-refractivity contribution is 0.351. The Bertz CT molecular complexity index is 3940. The maximum atomic E-state index is 8.72. The molecule has 7 aromatic carbocycles. The van der Waals surface area contributed by atoms with E-state index in [0.29, 0.717) is 0 Å². The van der Waals surface area contributed by atoms with Gasteiger partial charge in [-0.15, -0.1) is 6.58 Å². The van der Waals surface area contributed by atoms with Crippen LogP contribution in [0.4, 0.5) is 0 Å². The van der Waals surface area contributed by atoms with Gasteiger partial charge in [-0.3, -0.25) is 0 Å². The van der Waals surface area contributed by atoms with Crippen LogP contribution in [-0.4, -0.2) is 143 Å². The molecule has 0 bridgehead atoms. The molecule has 0 spiro atoms. The molecule has 0 N–H and O–H groups in total. The average Bonchev–Trinajstić information content (AvgIpc) is 0.727. The van der Waals surface area contributed by atoms with Gasteiger partial charge in [-0.25, -0.2) is 0 Å². The second-order valence-electron chi connectivity index (χ2n) is 39.2. The van der Waals surface area contributed by atoms with Gasteiger partial charge in [0.2, 0.25) is 0 Å². The third kappa shape index (κ3) is 29.5. The first kappa shape index (κ1) is 96.7. The summed E-state index contributed by atoms with van der Waals surface area (Å²) in [7, 11) is -44.0. The first-order valence-corrected chi connectivity index (χ1v) is 89.2. The lowest BCUT2D eigenvalue weighted by Gasteiger charge is -2.47. The summed E-state index contributed by atoms with van der Waals surface area (Å²) in [6.07, 6.45) is 1.10. The third-order valence-electron chi connectivity index (χ3n) is 21.5. The lowest BCUT2D eigenvalue weighted by Crippen LogP contribution is -2.78. The van der Waals surface area contributed by atoms with Gasteiger partial charge in [-0.05, 0) is 280 Å². The first-order valence-electron chi connectivity index (χ1n) is 41.4. The molecule has 0 aliphatic rings. The Morgan fingerprint density at radius 3 is 0.545 bits per heavy atom. The minimum atomic E-state index is -3.82. The van der Waals surface area contributed by atoms with Crippen molar-refractivity contribution in [3.8, 4) is 0 Å². The molecular formula is C84H146O11Si17. The largest absolute Gasteiger partial charge is 0.456 e. The van der Waals surface area contributed by atoms with Crippen molar-refractivity contribution in [1.82, 2.24) is 0 Å². The maximum Gasteiger partial charge on any atom is 0.388 e. The lowest BCUT2D eigenvalue weighted by atomic mass is 10.4. The van der Waals surface area contributed by atoms with Gasteiger partial charge in [0, 0.05) is 0 Å². The number of hydrogen-bond donors (Lipinski definition) is 0. The van der Waals surface area contributed by atoms with Crippen LogP contribution in [0.2, 0.25) is 243 Å². The highest BCUT2D eigenvalue weighted by Crippen LogP contribution is 2.38. The predicted molar refractivity (Wildman–Crippen MR) is 524 cm³/mol. The molecule has 28 heteroatoms. The zero-order valence-corrected chi connectivity index (χ0v) is 91.5. The van der Waals surface area contributed by atoms with Crippen molar-refractivity contribution in [1.29, 1.82) is 0 Å². The van der Waals surface area contributed by atoms with Crippen LogP contribution >= 0.6 is 0 Å². The summed E-state index contributed by atoms with van der Waals surface area (Å²) in [5.41, 5.74) is 2.07. The van der Waals surface area contributed by atoms with E-state index in [1.807, 2.05) is 0 Å². The standard InChI is InChI=1S/C84H146O11Si17/c1-30-67-97(5,6)87-108(27,78-53-39-32-40-54-78)88-104(19,20)74-76-106(23,24)93-111(81-59-45-35-46-60-81,82-61-47-36-48-62-82)95-112(83-63-49-37-50-64-83,84-65-51-38-52-66-84)94-107(25,26)77-75-105(21,22)92-110(29,80-57-43-34-44-58-80)91-103(17,18)73-70-100(11,12)86-99(9,10)69-72-102(15,16)90-109(28,79-55-41-33-42-56-79)89-101(13,14)71-68-98(7,8)85-96(3,4)31-2/h31-66H,2,30,67-77H2,1,3-29H3. The fraction of sp³-hybridized carbons (Fsp3) is 0.476. The molecule has 0 radical (unpaired) electrons. The van der Waals surface area contributed by atoms with E-state index < -0.39 is 143 Å². The van der Waals surface area contributed by atoms with Crippen molar-refractivity contribution in [2.45, 2.75) is 257 Å². The van der Waals surface area contributed by atoms with Gasteiger partial charge in [0.25, 0.3) is 0 Å². The molecule has 7 aromatic rings. The highest BCUT2D eigenvalue weighted by molar-refractivity contribution is 7.09. The number of benzene rings is 7. The van der Waals surface area contributed by atoms with E-state index in [1.54, 1.807) is 0 Å². The Morgan fingerprint density at radius 1 is 0.196 bits per heavy atom. The number of rotatable bonds is 47. The van der Waals surface area contributed by atoms with Crippen molar-refractivity contribution in [3.63, 3.8) is 0 Å². The highest BCUT2D eigenvalue weighted by Gasteiger charge is 2.59. The van der Waals surface area contributed by atoms with Crippen LogP contribution in [0.3, 0.4) is 0 Å². The van der Waals surface area contributed by atoms with Crippen LogP contribution in [0, 0.1) is 0 Å². The Labute approximate surface area is 699 Å². The quantitative estimate of drug-likeness (QED) is 0.0341. The van der Waals surface area contributed by atoms with Gasteiger partial charge in [0.05, 0.1) is 0 Å². The van der Waals surface area contributed by atoms with E-state index in [2.05, 4.69) is 408 Å². The van der Waals surface area contributed by atoms with Gasteiger partial charge in [-0.2, -0.15) is 0 Å². The fourth-order valence-electron chi connectivity index (χ4n) is 15.9. The van der Waals surface area contributed by atoms with Gasteiger partial charge in [0.1, 0.15) is 0 Å². The Hall–Kier alpha value is -2.47. The number of hydrogen-bond acceptors (Lipinski definition) is 11. The van der Waals surface area contributed by atoms with Crippen molar-refractivity contribution in [2.75, 3.05) is 0 Å². The summed E-state index contributed by atoms with van der Waals surface area (Å²) in [5, 5.41) is 7.87. The molecule has 112 heavy (non-hydrogen) atoms. The molecule has 3 atom stereocenters. The molecule has 0 aliphatic carbocycles. The molecule has 0 aliphatic heterocycles. The second kappa shape index (κ2) is 38.9. The normalized spacial score (nSPS) is 15.5. The fourth-order valence-corrected chi connectivity index (χ4v) is 106. The van der Waals surface area contributed by atoms with Crippen molar-refractivity contribution in [3.05, 3.63) is 225 Å². The molecule has 7 rings (SSSR count). The van der Waals surface area contributed by atoms with Crippen LogP contribution < -0.4 is 36.3 Å². The van der Waals surface area contributed by atoms with Crippen LogP contribution in [0.5, 0.6) is 0 Å². The van der Waals surface area contributed by atoms with E-state index in [1.165, 1.54) is 15.6 Å². The minimum Gasteiger partial charge on any atom is -0.456 e. The van der Waals surface area contributed by atoms with Gasteiger partial charge in [0.15, 0.2) is 99.8 Å². The monoisotopic (exact) mass is 1810 g/mol. The Balaban J connectivity index is 1.12. The van der Waals surface area contributed by atoms with Crippen LogP contribution in [0.15, 0.2) is 225 Å². The van der Waals surface area contributed by atoms with E-state index in [-0.39, 0.29) is 0 Å². The summed E-state index contributed by atoms with van der Waals surface area (Å²) in [6, 6.07) is 87.2. The van der Waals surface area contributed by atoms with Crippen molar-refractivity contribution < 1.29 is 45.3 Å². The van der Waals surface area contributed by atoms with Gasteiger partial charge < -0.3 is 45.3 Å². The molecular weight excluding hydrogens is 1660 g/mol. The molecule has 0 saturated carbocycles. The molecule has 0 heterocycles. The summed E-state index contributed by atoms with van der Waals surface area (Å²) in [4.78, 5) is 0. The minimum absolute atomic E-state index is 0.861. The highest BCUT2D eigenvalue weighted by atomic mass is 28.5. The SMILES string of the molecule is C=C[Si](C)(C)O[Si](C)(C)CC[Si](C)(C)O[Si](C)(O[Si](C)(C)CC[Si](C)(C)O[Si](C)(C)CC[Si](C)(C)O[Si](C)(O[Si](C)(C)CC[Si](C)(C)O[Si](O[Si](O[Si](C)(C)CC[Si](C)(C)O[Si](C)(O[Si](C)(C)CCC)c1ccccc1)(c1ccccc1)c1ccccc1)(c1ccccc1)c1ccccc1)c1ccccc1)c1ccccc1. The molecule has 616 valence electrons. The summed E-state index contributed by atoms with van der Waals surface area (Å²) >= 11 is 0.